The normalized spacial score (nSPS) is 12.6. The van der Waals surface area contributed by atoms with Crippen LogP contribution < -0.4 is 0 Å². The quantitative estimate of drug-likeness (QED) is 0.381. The largest absolute Gasteiger partial charge is 0.463 e. The van der Waals surface area contributed by atoms with E-state index < -0.39 is 0 Å². The molecule has 0 saturated carbocycles. The van der Waals surface area contributed by atoms with Crippen molar-refractivity contribution in [1.82, 2.24) is 0 Å². The molecule has 0 N–H and O–H groups in total. The molecule has 0 aliphatic rings. The summed E-state index contributed by atoms with van der Waals surface area (Å²) in [6.45, 7) is 8.51. The molecule has 0 rings (SSSR count). The first-order valence-corrected chi connectivity index (χ1v) is 4.48. The van der Waals surface area contributed by atoms with Crippen LogP contribution in [0.4, 0.5) is 0 Å². The molecule has 2 heteroatoms. The fourth-order valence-corrected chi connectivity index (χ4v) is 0.669. The Balaban J connectivity index is 3.88. The molecule has 0 aromatic carbocycles. The van der Waals surface area contributed by atoms with Crippen molar-refractivity contribution in [2.45, 2.75) is 27.7 Å². The van der Waals surface area contributed by atoms with Gasteiger partial charge in [-0.15, -0.1) is 0 Å². The minimum atomic E-state index is -0.291. The summed E-state index contributed by atoms with van der Waals surface area (Å²) in [5.74, 6) is -0.291. The topological polar surface area (TPSA) is 26.3 Å². The molecule has 13 heavy (non-hydrogen) atoms. The fraction of sp³-hybridized carbons (Fsp3) is 0.545. The number of hydrogen-bond acceptors (Lipinski definition) is 2. The summed E-state index contributed by atoms with van der Waals surface area (Å²) in [5.41, 5.74) is 0.152. The number of esters is 1. The van der Waals surface area contributed by atoms with E-state index in [0.717, 1.165) is 0 Å². The van der Waals surface area contributed by atoms with E-state index in [9.17, 15) is 4.79 Å². The van der Waals surface area contributed by atoms with E-state index in [1.807, 2.05) is 12.2 Å². The van der Waals surface area contributed by atoms with Crippen molar-refractivity contribution >= 4 is 5.97 Å². The molecule has 0 bridgehead atoms. The van der Waals surface area contributed by atoms with Gasteiger partial charge >= 0.3 is 5.97 Å². The highest BCUT2D eigenvalue weighted by Crippen LogP contribution is 2.14. The van der Waals surface area contributed by atoms with Gasteiger partial charge in [-0.1, -0.05) is 39.0 Å². The number of hydrogen-bond donors (Lipinski definition) is 0. The van der Waals surface area contributed by atoms with Gasteiger partial charge in [0.2, 0.25) is 0 Å². The lowest BCUT2D eigenvalue weighted by molar-refractivity contribution is -0.137. The zero-order chi connectivity index (χ0) is 10.3. The van der Waals surface area contributed by atoms with Crippen molar-refractivity contribution in [2.24, 2.45) is 5.41 Å². The van der Waals surface area contributed by atoms with Crippen LogP contribution in [0.2, 0.25) is 0 Å². The van der Waals surface area contributed by atoms with Crippen LogP contribution in [0.3, 0.4) is 0 Å². The minimum absolute atomic E-state index is 0.152. The molecule has 74 valence electrons. The van der Waals surface area contributed by atoms with Crippen molar-refractivity contribution < 1.29 is 9.53 Å². The lowest BCUT2D eigenvalue weighted by atomic mass is 9.96. The average Bonchev–Trinajstić information content (AvgIpc) is 1.97. The third-order valence-electron chi connectivity index (χ3n) is 1.23. The van der Waals surface area contributed by atoms with E-state index in [4.69, 9.17) is 4.74 Å². The second-order valence-electron chi connectivity index (χ2n) is 3.84. The lowest BCUT2D eigenvalue weighted by Crippen LogP contribution is -1.99. The van der Waals surface area contributed by atoms with Gasteiger partial charge in [0, 0.05) is 6.08 Å². The van der Waals surface area contributed by atoms with Crippen LogP contribution in [0.15, 0.2) is 24.3 Å². The molecular formula is C11H18O2. The Kier molecular flexibility index (Phi) is 5.12. The van der Waals surface area contributed by atoms with Crippen LogP contribution in [-0.4, -0.2) is 12.6 Å². The van der Waals surface area contributed by atoms with E-state index in [1.165, 1.54) is 6.08 Å². The standard InChI is InChI=1S/C11H18O2/c1-5-13-10(12)8-6-7-9-11(2,3)4/h6-9H,5H2,1-4H3. The molecule has 0 amide bonds. The Morgan fingerprint density at radius 2 is 1.92 bits per heavy atom. The summed E-state index contributed by atoms with van der Waals surface area (Å²) in [7, 11) is 0. The van der Waals surface area contributed by atoms with Gasteiger partial charge in [-0.05, 0) is 12.3 Å². The molecule has 0 saturated heterocycles. The molecule has 0 aromatic heterocycles. The molecule has 0 spiro atoms. The number of rotatable bonds is 3. The summed E-state index contributed by atoms with van der Waals surface area (Å²) in [5, 5.41) is 0. The van der Waals surface area contributed by atoms with E-state index in [-0.39, 0.29) is 11.4 Å². The first-order valence-electron chi connectivity index (χ1n) is 4.48. The number of carbonyl (C=O) groups is 1. The smallest absolute Gasteiger partial charge is 0.330 e. The molecule has 2 nitrogen and oxygen atoms in total. The van der Waals surface area contributed by atoms with Crippen LogP contribution >= 0.6 is 0 Å². The summed E-state index contributed by atoms with van der Waals surface area (Å²) in [6.07, 6.45) is 7.01. The maximum atomic E-state index is 10.8. The van der Waals surface area contributed by atoms with Crippen molar-refractivity contribution in [2.75, 3.05) is 6.61 Å². The monoisotopic (exact) mass is 182 g/mol. The van der Waals surface area contributed by atoms with E-state index in [2.05, 4.69) is 20.8 Å². The van der Waals surface area contributed by atoms with Gasteiger partial charge in [-0.25, -0.2) is 4.79 Å². The SMILES string of the molecule is CCOC(=O)C=CC=CC(C)(C)C. The highest BCUT2D eigenvalue weighted by molar-refractivity contribution is 5.82. The van der Waals surface area contributed by atoms with Gasteiger partial charge in [-0.3, -0.25) is 0 Å². The minimum Gasteiger partial charge on any atom is -0.463 e. The summed E-state index contributed by atoms with van der Waals surface area (Å²) in [4.78, 5) is 10.8. The maximum Gasteiger partial charge on any atom is 0.330 e. The highest BCUT2D eigenvalue weighted by atomic mass is 16.5. The predicted octanol–water partition coefficient (Wildman–Crippen LogP) is 2.71. The highest BCUT2D eigenvalue weighted by Gasteiger charge is 2.01. The molecule has 0 heterocycles. The molecule has 0 radical (unpaired) electrons. The second-order valence-corrected chi connectivity index (χ2v) is 3.84. The van der Waals surface area contributed by atoms with Gasteiger partial charge in [0.15, 0.2) is 0 Å². The van der Waals surface area contributed by atoms with Crippen LogP contribution in [0.1, 0.15) is 27.7 Å². The second kappa shape index (κ2) is 5.57. The zero-order valence-electron chi connectivity index (χ0n) is 8.83. The molecule has 0 aliphatic heterocycles. The van der Waals surface area contributed by atoms with Crippen LogP contribution in [-0.2, 0) is 9.53 Å². The van der Waals surface area contributed by atoms with Crippen molar-refractivity contribution in [3.8, 4) is 0 Å². The third-order valence-corrected chi connectivity index (χ3v) is 1.23. The third kappa shape index (κ3) is 8.86. The van der Waals surface area contributed by atoms with Crippen LogP contribution in [0.5, 0.6) is 0 Å². The Morgan fingerprint density at radius 3 is 2.38 bits per heavy atom. The molecule has 0 fully saturated rings. The maximum absolute atomic E-state index is 10.8. The lowest BCUT2D eigenvalue weighted by Gasteiger charge is -2.09. The average molecular weight is 182 g/mol. The Hall–Kier alpha value is -1.05. The van der Waals surface area contributed by atoms with Crippen molar-refractivity contribution in [3.63, 3.8) is 0 Å². The van der Waals surface area contributed by atoms with Gasteiger partial charge in [0.25, 0.3) is 0 Å². The van der Waals surface area contributed by atoms with Crippen LogP contribution in [0.25, 0.3) is 0 Å². The molecule has 0 aliphatic carbocycles. The Morgan fingerprint density at radius 1 is 1.31 bits per heavy atom. The van der Waals surface area contributed by atoms with E-state index in [0.29, 0.717) is 6.61 Å². The van der Waals surface area contributed by atoms with E-state index in [1.54, 1.807) is 13.0 Å². The van der Waals surface area contributed by atoms with E-state index >= 15 is 0 Å². The van der Waals surface area contributed by atoms with Gasteiger partial charge in [-0.2, -0.15) is 0 Å². The molecular weight excluding hydrogens is 164 g/mol. The number of ether oxygens (including phenoxy) is 1. The molecule has 0 atom stereocenters. The summed E-state index contributed by atoms with van der Waals surface area (Å²) in [6, 6.07) is 0. The number of carbonyl (C=O) groups excluding carboxylic acids is 1. The Labute approximate surface area is 80.3 Å². The number of allylic oxidation sites excluding steroid dienone is 3. The van der Waals surface area contributed by atoms with Gasteiger partial charge in [0.1, 0.15) is 0 Å². The fourth-order valence-electron chi connectivity index (χ4n) is 0.669. The first-order chi connectivity index (χ1) is 5.95. The van der Waals surface area contributed by atoms with Gasteiger partial charge in [0.05, 0.1) is 6.61 Å². The molecule has 0 unspecified atom stereocenters. The van der Waals surface area contributed by atoms with Crippen molar-refractivity contribution in [3.05, 3.63) is 24.3 Å². The summed E-state index contributed by atoms with van der Waals surface area (Å²) < 4.78 is 4.71. The Bertz CT molecular complexity index is 207. The first kappa shape index (κ1) is 11.9. The van der Waals surface area contributed by atoms with Crippen LogP contribution in [0, 0.1) is 5.41 Å². The van der Waals surface area contributed by atoms with Gasteiger partial charge < -0.3 is 4.74 Å². The molecule has 0 aromatic rings. The zero-order valence-corrected chi connectivity index (χ0v) is 8.83. The van der Waals surface area contributed by atoms with Crippen molar-refractivity contribution in [1.29, 1.82) is 0 Å². The predicted molar refractivity (Wildman–Crippen MR) is 54.4 cm³/mol. The summed E-state index contributed by atoms with van der Waals surface area (Å²) >= 11 is 0.